The Morgan fingerprint density at radius 3 is 1.91 bits per heavy atom. The Bertz CT molecular complexity index is 64.8. The highest BCUT2D eigenvalue weighted by Crippen LogP contribution is 1.77. The Kier molecular flexibility index (Phi) is 9.62. The molecule has 4 N–H and O–H groups in total. The van der Waals surface area contributed by atoms with Crippen molar-refractivity contribution < 1.29 is 14.3 Å². The van der Waals surface area contributed by atoms with E-state index in [0.29, 0.717) is 39.6 Å². The summed E-state index contributed by atoms with van der Waals surface area (Å²) in [4.78, 5) is 4.28. The molecule has 0 aliphatic rings. The normalized spacial score (nSPS) is 10.4. The molecule has 0 saturated carbocycles. The lowest BCUT2D eigenvalue weighted by Gasteiger charge is -2.03. The van der Waals surface area contributed by atoms with Crippen LogP contribution in [0.5, 0.6) is 0 Å². The number of rotatable bonds is 8. The zero-order chi connectivity index (χ0) is 8.36. The van der Waals surface area contributed by atoms with Crippen LogP contribution in [0, 0.1) is 0 Å². The minimum absolute atomic E-state index is 0.414. The lowest BCUT2D eigenvalue weighted by Crippen LogP contribution is -2.14. The zero-order valence-corrected chi connectivity index (χ0v) is 6.62. The van der Waals surface area contributed by atoms with Gasteiger partial charge in [0.1, 0.15) is 0 Å². The van der Waals surface area contributed by atoms with E-state index in [-0.39, 0.29) is 0 Å². The average molecular weight is 164 g/mol. The van der Waals surface area contributed by atoms with E-state index in [2.05, 4.69) is 4.84 Å². The summed E-state index contributed by atoms with van der Waals surface area (Å²) in [5.74, 6) is 4.76. The predicted molar refractivity (Wildman–Crippen MR) is 40.8 cm³/mol. The van der Waals surface area contributed by atoms with Gasteiger partial charge in [-0.1, -0.05) is 0 Å². The van der Waals surface area contributed by atoms with Crippen LogP contribution in [-0.2, 0) is 14.3 Å². The molecule has 5 heteroatoms. The summed E-state index contributed by atoms with van der Waals surface area (Å²) < 4.78 is 10.1. The summed E-state index contributed by atoms with van der Waals surface area (Å²) in [5, 5.41) is 0. The van der Waals surface area contributed by atoms with Gasteiger partial charge in [-0.15, -0.1) is 0 Å². The van der Waals surface area contributed by atoms with Gasteiger partial charge in [-0.25, -0.2) is 5.90 Å². The summed E-state index contributed by atoms with van der Waals surface area (Å²) >= 11 is 0. The molecule has 0 amide bonds. The van der Waals surface area contributed by atoms with Crippen molar-refractivity contribution >= 4 is 0 Å². The summed E-state index contributed by atoms with van der Waals surface area (Å²) in [6, 6.07) is 0. The molecule has 0 aromatic carbocycles. The molecule has 68 valence electrons. The number of ether oxygens (including phenoxy) is 2. The molecule has 0 atom stereocenters. The smallest absolute Gasteiger partial charge is 0.0913 e. The van der Waals surface area contributed by atoms with Crippen LogP contribution in [0.15, 0.2) is 0 Å². The van der Waals surface area contributed by atoms with E-state index in [1.165, 1.54) is 0 Å². The first-order valence-corrected chi connectivity index (χ1v) is 3.59. The van der Waals surface area contributed by atoms with Crippen LogP contribution in [0.4, 0.5) is 0 Å². The first kappa shape index (κ1) is 10.8. The third-order valence-corrected chi connectivity index (χ3v) is 0.980. The third-order valence-electron chi connectivity index (χ3n) is 0.980. The van der Waals surface area contributed by atoms with Gasteiger partial charge < -0.3 is 20.0 Å². The molecule has 0 saturated heterocycles. The van der Waals surface area contributed by atoms with Gasteiger partial charge >= 0.3 is 0 Å². The first-order chi connectivity index (χ1) is 5.41. The predicted octanol–water partition coefficient (Wildman–Crippen LogP) is -1.13. The van der Waals surface area contributed by atoms with Crippen LogP contribution in [0.1, 0.15) is 0 Å². The third kappa shape index (κ3) is 9.80. The van der Waals surface area contributed by atoms with Crippen LogP contribution in [0.25, 0.3) is 0 Å². The van der Waals surface area contributed by atoms with E-state index in [1.54, 1.807) is 0 Å². The maximum Gasteiger partial charge on any atom is 0.0913 e. The van der Waals surface area contributed by atoms with Crippen molar-refractivity contribution in [2.24, 2.45) is 11.6 Å². The highest BCUT2D eigenvalue weighted by molar-refractivity contribution is 4.33. The van der Waals surface area contributed by atoms with Gasteiger partial charge in [0.25, 0.3) is 0 Å². The van der Waals surface area contributed by atoms with Crippen LogP contribution in [-0.4, -0.2) is 39.6 Å². The lowest BCUT2D eigenvalue weighted by atomic mass is 10.7. The summed E-state index contributed by atoms with van der Waals surface area (Å²) in [5.41, 5.74) is 5.19. The molecule has 0 radical (unpaired) electrons. The molecule has 0 heterocycles. The van der Waals surface area contributed by atoms with Gasteiger partial charge in [-0.05, 0) is 0 Å². The summed E-state index contributed by atoms with van der Waals surface area (Å²) in [7, 11) is 0. The van der Waals surface area contributed by atoms with Crippen molar-refractivity contribution in [2.45, 2.75) is 0 Å². The van der Waals surface area contributed by atoms with Crippen LogP contribution < -0.4 is 11.6 Å². The van der Waals surface area contributed by atoms with Crippen molar-refractivity contribution in [3.05, 3.63) is 0 Å². The SMILES string of the molecule is NCCOCCOCCON. The fourth-order valence-electron chi connectivity index (χ4n) is 0.512. The summed E-state index contributed by atoms with van der Waals surface area (Å²) in [6.07, 6.45) is 0. The molecule has 0 aromatic heterocycles. The van der Waals surface area contributed by atoms with E-state index in [9.17, 15) is 0 Å². The van der Waals surface area contributed by atoms with Crippen molar-refractivity contribution in [1.82, 2.24) is 0 Å². The minimum Gasteiger partial charge on any atom is -0.378 e. The Hall–Kier alpha value is -0.200. The van der Waals surface area contributed by atoms with Gasteiger partial charge in [-0.2, -0.15) is 0 Å². The van der Waals surface area contributed by atoms with Crippen molar-refractivity contribution in [3.8, 4) is 0 Å². The molecule has 0 aliphatic carbocycles. The molecular formula is C6H16N2O3. The number of hydrogen-bond donors (Lipinski definition) is 2. The average Bonchev–Trinajstić information content (AvgIpc) is 2.03. The van der Waals surface area contributed by atoms with Gasteiger partial charge in [0.15, 0.2) is 0 Å². The Balaban J connectivity index is 2.69. The Labute approximate surface area is 66.5 Å². The second-order valence-electron chi connectivity index (χ2n) is 1.88. The minimum atomic E-state index is 0.414. The van der Waals surface area contributed by atoms with Gasteiger partial charge in [0, 0.05) is 6.54 Å². The van der Waals surface area contributed by atoms with Crippen molar-refractivity contribution in [3.63, 3.8) is 0 Å². The quantitative estimate of drug-likeness (QED) is 0.350. The molecule has 0 aliphatic heterocycles. The van der Waals surface area contributed by atoms with Crippen LogP contribution >= 0.6 is 0 Å². The maximum atomic E-state index is 5.19. The maximum absolute atomic E-state index is 5.19. The van der Waals surface area contributed by atoms with Crippen molar-refractivity contribution in [2.75, 3.05) is 39.6 Å². The lowest BCUT2D eigenvalue weighted by molar-refractivity contribution is 0.0157. The van der Waals surface area contributed by atoms with Crippen LogP contribution in [0.3, 0.4) is 0 Å². The van der Waals surface area contributed by atoms with Gasteiger partial charge in [0.2, 0.25) is 0 Å². The molecule has 0 bridgehead atoms. The van der Waals surface area contributed by atoms with Crippen molar-refractivity contribution in [1.29, 1.82) is 0 Å². The molecule has 0 aromatic rings. The zero-order valence-electron chi connectivity index (χ0n) is 6.62. The van der Waals surface area contributed by atoms with Gasteiger partial charge in [0.05, 0.1) is 33.0 Å². The highest BCUT2D eigenvalue weighted by Gasteiger charge is 1.87. The molecule has 0 spiro atoms. The second-order valence-corrected chi connectivity index (χ2v) is 1.88. The van der Waals surface area contributed by atoms with E-state index in [1.807, 2.05) is 0 Å². The molecule has 5 nitrogen and oxygen atoms in total. The number of nitrogens with two attached hydrogens (primary N) is 2. The Morgan fingerprint density at radius 2 is 1.36 bits per heavy atom. The molecular weight excluding hydrogens is 148 g/mol. The molecule has 0 fully saturated rings. The molecule has 0 unspecified atom stereocenters. The van der Waals surface area contributed by atoms with E-state index in [4.69, 9.17) is 21.1 Å². The number of hydrogen-bond acceptors (Lipinski definition) is 5. The largest absolute Gasteiger partial charge is 0.378 e. The standard InChI is InChI=1S/C6H16N2O3/c7-1-2-9-3-4-10-5-6-11-8/h1-8H2. The van der Waals surface area contributed by atoms with Gasteiger partial charge in [-0.3, -0.25) is 0 Å². The summed E-state index contributed by atoms with van der Waals surface area (Å²) in [6.45, 7) is 3.17. The fraction of sp³-hybridized carbons (Fsp3) is 1.00. The van der Waals surface area contributed by atoms with Crippen LogP contribution in [0.2, 0.25) is 0 Å². The van der Waals surface area contributed by atoms with E-state index < -0.39 is 0 Å². The van der Waals surface area contributed by atoms with E-state index >= 15 is 0 Å². The molecule has 11 heavy (non-hydrogen) atoms. The monoisotopic (exact) mass is 164 g/mol. The Morgan fingerprint density at radius 1 is 0.818 bits per heavy atom. The first-order valence-electron chi connectivity index (χ1n) is 3.59. The topological polar surface area (TPSA) is 79.7 Å². The highest BCUT2D eigenvalue weighted by atomic mass is 16.6. The second kappa shape index (κ2) is 9.80. The fourth-order valence-corrected chi connectivity index (χ4v) is 0.512. The van der Waals surface area contributed by atoms with E-state index in [0.717, 1.165) is 0 Å². The molecule has 0 rings (SSSR count).